The van der Waals surface area contributed by atoms with Gasteiger partial charge >= 0.3 is 6.03 Å². The number of pyridine rings is 2. The van der Waals surface area contributed by atoms with Gasteiger partial charge in [0.2, 0.25) is 17.6 Å². The topological polar surface area (TPSA) is 172 Å². The van der Waals surface area contributed by atoms with Crippen LogP contribution in [0.5, 0.6) is 5.75 Å². The normalized spacial score (nSPS) is 20.2. The first-order valence-corrected chi connectivity index (χ1v) is 19.4. The van der Waals surface area contributed by atoms with Crippen LogP contribution in [0, 0.1) is 11.3 Å². The van der Waals surface area contributed by atoms with Crippen molar-refractivity contribution in [1.82, 2.24) is 36.1 Å². The van der Waals surface area contributed by atoms with Crippen LogP contribution in [0.1, 0.15) is 86.5 Å². The summed E-state index contributed by atoms with van der Waals surface area (Å²) in [7, 11) is 0. The number of hydrogen-bond acceptors (Lipinski definition) is 9. The number of Topliss-reactive ketones (excluding diaryl/α,β-unsaturated/α-hetero) is 1. The Bertz CT molecular complexity index is 1840. The van der Waals surface area contributed by atoms with Crippen LogP contribution in [-0.4, -0.2) is 86.8 Å². The number of ketones is 1. The molecule has 14 heteroatoms. The maximum atomic E-state index is 14.6. The number of fused-ring (bicyclic) bond motifs is 1. The fourth-order valence-electron chi connectivity index (χ4n) is 6.74. The van der Waals surface area contributed by atoms with Crippen molar-refractivity contribution in [3.8, 4) is 17.1 Å². The molecule has 4 heterocycles. The van der Waals surface area contributed by atoms with Gasteiger partial charge in [-0.1, -0.05) is 46.1 Å². The van der Waals surface area contributed by atoms with Crippen molar-refractivity contribution in [3.05, 3.63) is 41.9 Å². The summed E-state index contributed by atoms with van der Waals surface area (Å²) in [6.45, 7) is 11.1. The van der Waals surface area contributed by atoms with Crippen LogP contribution in [-0.2, 0) is 19.2 Å². The molecule has 3 fully saturated rings. The molecular formula is C39H51N7O6S. The molecule has 1 saturated heterocycles. The summed E-state index contributed by atoms with van der Waals surface area (Å²) < 4.78 is 7.47. The number of ether oxygens (including phenoxy) is 1. The number of urea groups is 1. The summed E-state index contributed by atoms with van der Waals surface area (Å²) in [5.41, 5.74) is 0.741. The summed E-state index contributed by atoms with van der Waals surface area (Å²) >= 11 is 1.47. The molecule has 3 aromatic rings. The largest absolute Gasteiger partial charge is 0.487 e. The molecular weight excluding hydrogens is 695 g/mol. The smallest absolute Gasteiger partial charge is 0.315 e. The third-order valence-electron chi connectivity index (χ3n) is 9.89. The fourth-order valence-corrected chi connectivity index (χ4v) is 7.53. The summed E-state index contributed by atoms with van der Waals surface area (Å²) in [4.78, 5) is 79.2. The molecule has 284 valence electrons. The fraction of sp³-hybridized carbons (Fsp3) is 0.564. The van der Waals surface area contributed by atoms with Gasteiger partial charge in [0.15, 0.2) is 0 Å². The van der Waals surface area contributed by atoms with Gasteiger partial charge in [-0.2, -0.15) is 0 Å². The average Bonchev–Trinajstić information content (AvgIpc) is 3.57. The minimum Gasteiger partial charge on any atom is -0.487 e. The van der Waals surface area contributed by atoms with Gasteiger partial charge in [0.1, 0.15) is 23.9 Å². The Morgan fingerprint density at radius 2 is 1.74 bits per heavy atom. The molecule has 1 aliphatic heterocycles. The van der Waals surface area contributed by atoms with Gasteiger partial charge in [-0.15, -0.1) is 11.3 Å². The SMILES string of the molecule is CC(C)(C)NC(=O)N[C@H](C(=O)N1C[C@H](Oc2cc(-c3ccccn3)nc3ccsc23)CC1C(=O)N[C@@H](CC1CCC1)C(=O)C(=O)NC1CC1)C(C)(C)C. The molecule has 6 rings (SSSR count). The van der Waals surface area contributed by atoms with Crippen molar-refractivity contribution in [1.29, 1.82) is 0 Å². The first kappa shape index (κ1) is 38.1. The van der Waals surface area contributed by atoms with E-state index in [-0.39, 0.29) is 24.9 Å². The van der Waals surface area contributed by atoms with E-state index in [1.807, 2.05) is 77.3 Å². The number of aromatic nitrogens is 2. The molecule has 2 aliphatic carbocycles. The van der Waals surface area contributed by atoms with E-state index in [1.54, 1.807) is 6.20 Å². The minimum absolute atomic E-state index is 0.00847. The van der Waals surface area contributed by atoms with Gasteiger partial charge in [0.05, 0.1) is 34.2 Å². The molecule has 0 aromatic carbocycles. The number of amides is 5. The Morgan fingerprint density at radius 1 is 0.981 bits per heavy atom. The molecule has 0 spiro atoms. The Balaban J connectivity index is 1.29. The number of carbonyl (C=O) groups excluding carboxylic acids is 5. The second-order valence-corrected chi connectivity index (χ2v) is 17.6. The predicted molar refractivity (Wildman–Crippen MR) is 202 cm³/mol. The number of likely N-dealkylation sites (tertiary alicyclic amines) is 1. The van der Waals surface area contributed by atoms with Crippen molar-refractivity contribution in [2.45, 2.75) is 122 Å². The summed E-state index contributed by atoms with van der Waals surface area (Å²) in [6.07, 6.45) is 6.09. The molecule has 5 amide bonds. The standard InChI is InChI=1S/C39H51N7O6S/c1-38(2,3)33(44-37(51)45-39(4,5)6)36(50)46-21-24(52-30-20-27(25-12-7-8-16-40-25)42-26-15-17-53-32(26)30)19-29(46)34(48)43-28(18-22-10-9-11-22)31(47)35(49)41-23-13-14-23/h7-8,12,15-17,20,22-24,28-29,33H,9-11,13-14,18-19,21H2,1-6H3,(H,41,49)(H,43,48)(H2,44,45,51)/t24-,28+,29?,33-/m1/s1. The van der Waals surface area contributed by atoms with E-state index < -0.39 is 64.7 Å². The van der Waals surface area contributed by atoms with Gasteiger partial charge in [-0.05, 0) is 74.9 Å². The summed E-state index contributed by atoms with van der Waals surface area (Å²) in [6, 6.07) is 5.72. The zero-order valence-electron chi connectivity index (χ0n) is 31.4. The van der Waals surface area contributed by atoms with Crippen LogP contribution in [0.3, 0.4) is 0 Å². The van der Waals surface area contributed by atoms with E-state index >= 15 is 0 Å². The van der Waals surface area contributed by atoms with Gasteiger partial charge in [0.25, 0.3) is 5.91 Å². The second-order valence-electron chi connectivity index (χ2n) is 16.7. The highest BCUT2D eigenvalue weighted by molar-refractivity contribution is 7.17. The Hall–Kier alpha value is -4.59. The highest BCUT2D eigenvalue weighted by Gasteiger charge is 2.47. The van der Waals surface area contributed by atoms with Crippen LogP contribution in [0.4, 0.5) is 4.79 Å². The Kier molecular flexibility index (Phi) is 11.1. The zero-order valence-corrected chi connectivity index (χ0v) is 32.2. The van der Waals surface area contributed by atoms with Crippen molar-refractivity contribution in [2.24, 2.45) is 11.3 Å². The number of nitrogens with one attached hydrogen (secondary N) is 4. The van der Waals surface area contributed by atoms with Crippen LogP contribution in [0.15, 0.2) is 41.9 Å². The predicted octanol–water partition coefficient (Wildman–Crippen LogP) is 4.74. The zero-order chi connectivity index (χ0) is 38.1. The van der Waals surface area contributed by atoms with Crippen molar-refractivity contribution < 1.29 is 28.7 Å². The molecule has 4 N–H and O–H groups in total. The van der Waals surface area contributed by atoms with Crippen molar-refractivity contribution in [2.75, 3.05) is 6.54 Å². The van der Waals surface area contributed by atoms with Crippen molar-refractivity contribution >= 4 is 51.1 Å². The molecule has 0 bridgehead atoms. The van der Waals surface area contributed by atoms with Crippen LogP contribution in [0.2, 0.25) is 0 Å². The third kappa shape index (κ3) is 9.51. The maximum absolute atomic E-state index is 14.6. The molecule has 53 heavy (non-hydrogen) atoms. The Morgan fingerprint density at radius 3 is 2.36 bits per heavy atom. The van der Waals surface area contributed by atoms with Crippen molar-refractivity contribution in [3.63, 3.8) is 0 Å². The van der Waals surface area contributed by atoms with Crippen LogP contribution in [0.25, 0.3) is 21.6 Å². The first-order chi connectivity index (χ1) is 25.1. The van der Waals surface area contributed by atoms with E-state index in [4.69, 9.17) is 9.72 Å². The van der Waals surface area contributed by atoms with Crippen LogP contribution >= 0.6 is 11.3 Å². The number of hydrogen-bond donors (Lipinski definition) is 4. The van der Waals surface area contributed by atoms with E-state index in [2.05, 4.69) is 26.3 Å². The summed E-state index contributed by atoms with van der Waals surface area (Å²) in [5, 5.41) is 13.3. The van der Waals surface area contributed by atoms with Gasteiger partial charge in [-0.3, -0.25) is 24.2 Å². The maximum Gasteiger partial charge on any atom is 0.315 e. The highest BCUT2D eigenvalue weighted by Crippen LogP contribution is 2.36. The lowest BCUT2D eigenvalue weighted by molar-refractivity contribution is -0.144. The monoisotopic (exact) mass is 745 g/mol. The number of carbonyl (C=O) groups is 5. The summed E-state index contributed by atoms with van der Waals surface area (Å²) in [5.74, 6) is -1.59. The van der Waals surface area contributed by atoms with Gasteiger partial charge in [0, 0.05) is 30.3 Å². The Labute approximate surface area is 314 Å². The lowest BCUT2D eigenvalue weighted by atomic mass is 9.80. The van der Waals surface area contributed by atoms with E-state index in [0.29, 0.717) is 23.6 Å². The van der Waals surface area contributed by atoms with Gasteiger partial charge < -0.3 is 30.9 Å². The quantitative estimate of drug-likeness (QED) is 0.193. The molecule has 3 aliphatic rings. The number of nitrogens with zero attached hydrogens (tertiary/aromatic N) is 3. The second kappa shape index (κ2) is 15.4. The molecule has 0 radical (unpaired) electrons. The third-order valence-corrected chi connectivity index (χ3v) is 10.8. The number of thiophene rings is 1. The first-order valence-electron chi connectivity index (χ1n) is 18.6. The highest BCUT2D eigenvalue weighted by atomic mass is 32.1. The lowest BCUT2D eigenvalue weighted by Crippen LogP contribution is -2.61. The van der Waals surface area contributed by atoms with E-state index in [9.17, 15) is 24.0 Å². The van der Waals surface area contributed by atoms with E-state index in [0.717, 1.165) is 42.3 Å². The molecule has 13 nitrogen and oxygen atoms in total. The number of rotatable bonds is 12. The van der Waals surface area contributed by atoms with Gasteiger partial charge in [-0.25, -0.2) is 9.78 Å². The molecule has 2 saturated carbocycles. The molecule has 3 aromatic heterocycles. The minimum atomic E-state index is -1.04. The molecule has 4 atom stereocenters. The molecule has 1 unspecified atom stereocenters. The van der Waals surface area contributed by atoms with Crippen LogP contribution < -0.4 is 26.0 Å². The van der Waals surface area contributed by atoms with E-state index in [1.165, 1.54) is 16.2 Å². The average molecular weight is 746 g/mol. The lowest BCUT2D eigenvalue weighted by Gasteiger charge is -2.36.